The van der Waals surface area contributed by atoms with Crippen LogP contribution in [0.1, 0.15) is 42.3 Å². The van der Waals surface area contributed by atoms with E-state index in [-0.39, 0.29) is 29.0 Å². The van der Waals surface area contributed by atoms with E-state index in [9.17, 15) is 18.8 Å². The summed E-state index contributed by atoms with van der Waals surface area (Å²) in [7, 11) is 0. The molecule has 0 saturated carbocycles. The molecule has 0 N–H and O–H groups in total. The Balaban J connectivity index is 2.21. The molecular weight excluding hydrogens is 445 g/mol. The Morgan fingerprint density at radius 1 is 1.12 bits per heavy atom. The molecule has 2 aromatic carbocycles. The van der Waals surface area contributed by atoms with Crippen molar-refractivity contribution in [3.05, 3.63) is 84.5 Å². The van der Waals surface area contributed by atoms with Crippen LogP contribution in [0.4, 0.5) is 4.39 Å². The first-order valence-electron chi connectivity index (χ1n) is 10.4. The SMILES string of the molecule is CCOC(=O)C=c1sc(=Cc2ccccc2F)c(=O)n1Cc1cc(C(C)=O)ccc1OCC. The first-order valence-corrected chi connectivity index (χ1v) is 11.3. The van der Waals surface area contributed by atoms with Crippen LogP contribution in [0.5, 0.6) is 5.75 Å². The molecule has 0 aliphatic heterocycles. The fourth-order valence-corrected chi connectivity index (χ4v) is 4.22. The fraction of sp³-hybridized carbons (Fsp3) is 0.240. The van der Waals surface area contributed by atoms with Gasteiger partial charge in [0.2, 0.25) is 0 Å². The molecule has 0 bridgehead atoms. The van der Waals surface area contributed by atoms with Crippen LogP contribution in [0.15, 0.2) is 47.3 Å². The zero-order valence-electron chi connectivity index (χ0n) is 18.6. The fourth-order valence-electron chi connectivity index (χ4n) is 3.20. The molecule has 0 amide bonds. The topological polar surface area (TPSA) is 74.6 Å². The summed E-state index contributed by atoms with van der Waals surface area (Å²) in [5, 5.41) is 0. The average Bonchev–Trinajstić information content (AvgIpc) is 3.05. The van der Waals surface area contributed by atoms with Gasteiger partial charge in [-0.25, -0.2) is 9.18 Å². The number of nitrogens with zero attached hydrogens (tertiary/aromatic N) is 1. The quantitative estimate of drug-likeness (QED) is 0.375. The predicted octanol–water partition coefficient (Wildman–Crippen LogP) is 2.87. The van der Waals surface area contributed by atoms with E-state index in [4.69, 9.17) is 9.47 Å². The summed E-state index contributed by atoms with van der Waals surface area (Å²) in [6.45, 7) is 5.63. The minimum absolute atomic E-state index is 0.0577. The highest BCUT2D eigenvalue weighted by Gasteiger charge is 2.13. The second-order valence-electron chi connectivity index (χ2n) is 7.07. The Morgan fingerprint density at radius 2 is 1.88 bits per heavy atom. The number of carbonyl (C=O) groups is 2. The minimum atomic E-state index is -0.590. The van der Waals surface area contributed by atoms with Crippen molar-refractivity contribution in [2.24, 2.45) is 0 Å². The molecule has 0 unspecified atom stereocenters. The number of benzene rings is 2. The standard InChI is InChI=1S/C25H24FNO5S/c1-4-31-21-11-10-17(16(3)28)12-19(21)15-27-23(14-24(29)32-5-2)33-22(25(27)30)13-18-8-6-7-9-20(18)26/h6-14H,4-5,15H2,1-3H3. The molecule has 1 aromatic heterocycles. The van der Waals surface area contributed by atoms with E-state index in [1.165, 1.54) is 29.7 Å². The van der Waals surface area contributed by atoms with Gasteiger partial charge in [0, 0.05) is 16.7 Å². The lowest BCUT2D eigenvalue weighted by Gasteiger charge is -2.12. The zero-order chi connectivity index (χ0) is 24.0. The van der Waals surface area contributed by atoms with Crippen molar-refractivity contribution in [1.29, 1.82) is 0 Å². The van der Waals surface area contributed by atoms with Gasteiger partial charge in [-0.3, -0.25) is 14.2 Å². The van der Waals surface area contributed by atoms with E-state index in [0.717, 1.165) is 11.3 Å². The van der Waals surface area contributed by atoms with E-state index in [1.807, 2.05) is 6.92 Å². The van der Waals surface area contributed by atoms with Gasteiger partial charge in [-0.05, 0) is 51.1 Å². The molecule has 0 spiro atoms. The van der Waals surface area contributed by atoms with E-state index in [0.29, 0.717) is 28.1 Å². The molecule has 0 saturated heterocycles. The Hall–Kier alpha value is -3.52. The van der Waals surface area contributed by atoms with Crippen molar-refractivity contribution in [2.45, 2.75) is 27.3 Å². The maximum atomic E-state index is 14.2. The van der Waals surface area contributed by atoms with Gasteiger partial charge in [-0.2, -0.15) is 0 Å². The predicted molar refractivity (Wildman–Crippen MR) is 126 cm³/mol. The number of thiazole rings is 1. The molecule has 6 nitrogen and oxygen atoms in total. The van der Waals surface area contributed by atoms with Gasteiger partial charge in [0.05, 0.1) is 30.4 Å². The maximum Gasteiger partial charge on any atom is 0.333 e. The number of ether oxygens (including phenoxy) is 2. The number of halogens is 1. The summed E-state index contributed by atoms with van der Waals surface area (Å²) in [6, 6.07) is 11.1. The van der Waals surface area contributed by atoms with Crippen molar-refractivity contribution in [3.63, 3.8) is 0 Å². The Labute approximate surface area is 194 Å². The number of carbonyl (C=O) groups excluding carboxylic acids is 2. The molecule has 0 aliphatic carbocycles. The lowest BCUT2D eigenvalue weighted by molar-refractivity contribution is -0.135. The second-order valence-corrected chi connectivity index (χ2v) is 8.13. The van der Waals surface area contributed by atoms with Crippen molar-refractivity contribution >= 4 is 35.2 Å². The number of aromatic nitrogens is 1. The zero-order valence-corrected chi connectivity index (χ0v) is 19.4. The number of Topliss-reactive ketones (excluding diaryl/α,β-unsaturated/α-hetero) is 1. The third kappa shape index (κ3) is 5.84. The monoisotopic (exact) mass is 469 g/mol. The maximum absolute atomic E-state index is 14.2. The summed E-state index contributed by atoms with van der Waals surface area (Å²) < 4.78 is 26.9. The summed E-state index contributed by atoms with van der Waals surface area (Å²) in [5.74, 6) is -0.640. The van der Waals surface area contributed by atoms with Gasteiger partial charge in [-0.15, -0.1) is 11.3 Å². The van der Waals surface area contributed by atoms with Gasteiger partial charge >= 0.3 is 5.97 Å². The van der Waals surface area contributed by atoms with Gasteiger partial charge in [0.15, 0.2) is 5.78 Å². The van der Waals surface area contributed by atoms with Gasteiger partial charge in [-0.1, -0.05) is 18.2 Å². The smallest absolute Gasteiger partial charge is 0.333 e. The first-order chi connectivity index (χ1) is 15.8. The highest BCUT2D eigenvalue weighted by Crippen LogP contribution is 2.21. The van der Waals surface area contributed by atoms with Crippen LogP contribution >= 0.6 is 11.3 Å². The van der Waals surface area contributed by atoms with Crippen molar-refractivity contribution < 1.29 is 23.5 Å². The van der Waals surface area contributed by atoms with E-state index in [1.54, 1.807) is 43.3 Å². The van der Waals surface area contributed by atoms with Crippen LogP contribution in [-0.2, 0) is 16.1 Å². The van der Waals surface area contributed by atoms with E-state index < -0.39 is 17.3 Å². The highest BCUT2D eigenvalue weighted by molar-refractivity contribution is 7.07. The summed E-state index contributed by atoms with van der Waals surface area (Å²) in [4.78, 5) is 37.3. The van der Waals surface area contributed by atoms with Gasteiger partial charge in [0.25, 0.3) is 5.56 Å². The number of rotatable bonds is 8. The molecular formula is C25H24FNO5S. The largest absolute Gasteiger partial charge is 0.494 e. The third-order valence-corrected chi connectivity index (χ3v) is 5.81. The van der Waals surface area contributed by atoms with Crippen LogP contribution in [0.2, 0.25) is 0 Å². The summed E-state index contributed by atoms with van der Waals surface area (Å²) in [6.07, 6.45) is 2.69. The van der Waals surface area contributed by atoms with Crippen LogP contribution in [-0.4, -0.2) is 29.5 Å². The molecule has 0 atom stereocenters. The molecule has 0 aliphatic rings. The highest BCUT2D eigenvalue weighted by atomic mass is 32.1. The number of esters is 1. The second kappa shape index (κ2) is 10.9. The van der Waals surface area contributed by atoms with Gasteiger partial charge < -0.3 is 9.47 Å². The lowest BCUT2D eigenvalue weighted by atomic mass is 10.1. The molecule has 0 radical (unpaired) electrons. The minimum Gasteiger partial charge on any atom is -0.494 e. The van der Waals surface area contributed by atoms with E-state index in [2.05, 4.69) is 0 Å². The first kappa shape index (κ1) is 24.1. The van der Waals surface area contributed by atoms with E-state index >= 15 is 0 Å². The van der Waals surface area contributed by atoms with Crippen LogP contribution < -0.4 is 19.5 Å². The molecule has 33 heavy (non-hydrogen) atoms. The molecule has 8 heteroatoms. The molecule has 0 fully saturated rings. The lowest BCUT2D eigenvalue weighted by Crippen LogP contribution is -2.32. The van der Waals surface area contributed by atoms with Crippen LogP contribution in [0.3, 0.4) is 0 Å². The summed E-state index contributed by atoms with van der Waals surface area (Å²) in [5.41, 5.74) is 0.958. The molecule has 172 valence electrons. The van der Waals surface area contributed by atoms with Crippen LogP contribution in [0.25, 0.3) is 12.2 Å². The molecule has 1 heterocycles. The molecule has 3 rings (SSSR count). The molecule has 3 aromatic rings. The van der Waals surface area contributed by atoms with Crippen molar-refractivity contribution in [2.75, 3.05) is 13.2 Å². The summed E-state index contributed by atoms with van der Waals surface area (Å²) >= 11 is 1.06. The van der Waals surface area contributed by atoms with Crippen molar-refractivity contribution in [1.82, 2.24) is 4.57 Å². The number of hydrogen-bond acceptors (Lipinski definition) is 6. The Kier molecular flexibility index (Phi) is 7.95. The average molecular weight is 470 g/mol. The number of ketones is 1. The third-order valence-electron chi connectivity index (χ3n) is 4.75. The Bertz CT molecular complexity index is 1360. The van der Waals surface area contributed by atoms with Gasteiger partial charge in [0.1, 0.15) is 16.2 Å². The number of hydrogen-bond donors (Lipinski definition) is 0. The van der Waals surface area contributed by atoms with Crippen LogP contribution in [0, 0.1) is 5.82 Å². The normalized spacial score (nSPS) is 12.1. The Morgan fingerprint density at radius 3 is 2.55 bits per heavy atom. The van der Waals surface area contributed by atoms with Crippen molar-refractivity contribution in [3.8, 4) is 5.75 Å².